The van der Waals surface area contributed by atoms with Crippen LogP contribution in [0.1, 0.15) is 6.92 Å². The number of nitrogens with one attached hydrogen (secondary N) is 2. The van der Waals surface area contributed by atoms with Gasteiger partial charge in [0.2, 0.25) is 5.95 Å². The van der Waals surface area contributed by atoms with Gasteiger partial charge in [-0.25, -0.2) is 9.37 Å². The monoisotopic (exact) mass is 373 g/mol. The van der Waals surface area contributed by atoms with Crippen LogP contribution in [0.5, 0.6) is 0 Å². The van der Waals surface area contributed by atoms with Gasteiger partial charge >= 0.3 is 0 Å². The number of aliphatic hydroxyl groups excluding tert-OH is 1. The van der Waals surface area contributed by atoms with Gasteiger partial charge in [0, 0.05) is 24.0 Å². The Hall–Kier alpha value is -2.77. The van der Waals surface area contributed by atoms with Gasteiger partial charge in [0.25, 0.3) is 0 Å². The van der Waals surface area contributed by atoms with Crippen LogP contribution < -0.4 is 10.6 Å². The van der Waals surface area contributed by atoms with Crippen molar-refractivity contribution in [2.75, 3.05) is 17.2 Å². The summed E-state index contributed by atoms with van der Waals surface area (Å²) in [6.07, 6.45) is 1.67. The highest BCUT2D eigenvalue weighted by molar-refractivity contribution is 6.31. The maximum absolute atomic E-state index is 13.3. The van der Waals surface area contributed by atoms with Crippen LogP contribution >= 0.6 is 11.6 Å². The summed E-state index contributed by atoms with van der Waals surface area (Å²) in [4.78, 5) is 13.1. The molecule has 0 amide bonds. The summed E-state index contributed by atoms with van der Waals surface area (Å²) in [6.45, 7) is 1.75. The summed E-state index contributed by atoms with van der Waals surface area (Å²) >= 11 is 5.83. The van der Waals surface area contributed by atoms with Crippen molar-refractivity contribution < 1.29 is 9.50 Å². The molecule has 0 fully saturated rings. The van der Waals surface area contributed by atoms with Crippen molar-refractivity contribution in [1.29, 1.82) is 0 Å². The summed E-state index contributed by atoms with van der Waals surface area (Å²) < 4.78 is 13.3. The Morgan fingerprint density at radius 2 is 2.00 bits per heavy atom. The minimum atomic E-state index is -0.492. The van der Waals surface area contributed by atoms with E-state index in [1.165, 1.54) is 12.1 Å². The molecule has 1 atom stereocenters. The number of rotatable bonds is 6. The fourth-order valence-corrected chi connectivity index (χ4v) is 2.39. The van der Waals surface area contributed by atoms with E-state index in [1.807, 2.05) is 25.1 Å². The fourth-order valence-electron chi connectivity index (χ4n) is 2.21. The third kappa shape index (κ3) is 4.44. The van der Waals surface area contributed by atoms with Crippen LogP contribution in [0.4, 0.5) is 21.8 Å². The molecule has 0 unspecified atom stereocenters. The Labute approximate surface area is 155 Å². The second-order valence-corrected chi connectivity index (χ2v) is 6.07. The predicted molar refractivity (Wildman–Crippen MR) is 100 cm³/mol. The van der Waals surface area contributed by atoms with Crippen molar-refractivity contribution in [1.82, 2.24) is 15.0 Å². The van der Waals surface area contributed by atoms with Crippen molar-refractivity contribution in [3.8, 4) is 11.4 Å². The number of hydrogen-bond donors (Lipinski definition) is 3. The fraction of sp³-hybridized carbons (Fsp3) is 0.167. The lowest BCUT2D eigenvalue weighted by Gasteiger charge is -2.14. The molecule has 0 radical (unpaired) electrons. The SMILES string of the molecule is C[C@H](CO)Nc1nc(Nc2ccc(F)c(Cl)c2)cc(-c2ccccn2)n1. The summed E-state index contributed by atoms with van der Waals surface area (Å²) in [5.41, 5.74) is 1.86. The van der Waals surface area contributed by atoms with E-state index in [0.717, 1.165) is 0 Å². The summed E-state index contributed by atoms with van der Waals surface area (Å²) in [6, 6.07) is 11.3. The number of benzene rings is 1. The van der Waals surface area contributed by atoms with Crippen molar-refractivity contribution in [2.24, 2.45) is 0 Å². The Morgan fingerprint density at radius 1 is 1.15 bits per heavy atom. The van der Waals surface area contributed by atoms with Gasteiger partial charge in [-0.3, -0.25) is 4.98 Å². The van der Waals surface area contributed by atoms with Crippen LogP contribution in [0.25, 0.3) is 11.4 Å². The van der Waals surface area contributed by atoms with Gasteiger partial charge in [-0.2, -0.15) is 4.98 Å². The number of aromatic nitrogens is 3. The smallest absolute Gasteiger partial charge is 0.225 e. The van der Waals surface area contributed by atoms with Crippen LogP contribution in [0, 0.1) is 5.82 Å². The van der Waals surface area contributed by atoms with E-state index in [0.29, 0.717) is 28.8 Å². The van der Waals surface area contributed by atoms with Crippen LogP contribution in [0.2, 0.25) is 5.02 Å². The molecule has 0 spiro atoms. The van der Waals surface area contributed by atoms with Gasteiger partial charge in [-0.15, -0.1) is 0 Å². The van der Waals surface area contributed by atoms with E-state index in [9.17, 15) is 9.50 Å². The van der Waals surface area contributed by atoms with E-state index in [2.05, 4.69) is 25.6 Å². The lowest BCUT2D eigenvalue weighted by Crippen LogP contribution is -2.21. The molecule has 0 saturated heterocycles. The van der Waals surface area contributed by atoms with E-state index < -0.39 is 5.82 Å². The number of pyridine rings is 1. The molecule has 3 rings (SSSR count). The van der Waals surface area contributed by atoms with Crippen molar-refractivity contribution in [3.05, 3.63) is 59.5 Å². The first-order chi connectivity index (χ1) is 12.5. The van der Waals surface area contributed by atoms with Gasteiger partial charge in [0.1, 0.15) is 11.6 Å². The van der Waals surface area contributed by atoms with Gasteiger partial charge in [-0.1, -0.05) is 17.7 Å². The molecule has 2 heterocycles. The van der Waals surface area contributed by atoms with Crippen LogP contribution in [0.3, 0.4) is 0 Å². The molecule has 6 nitrogen and oxygen atoms in total. The molecule has 1 aromatic carbocycles. The molecule has 26 heavy (non-hydrogen) atoms. The molecule has 3 N–H and O–H groups in total. The zero-order valence-corrected chi connectivity index (χ0v) is 14.7. The maximum atomic E-state index is 13.3. The first kappa shape index (κ1) is 18.0. The van der Waals surface area contributed by atoms with Crippen LogP contribution in [-0.4, -0.2) is 32.7 Å². The molecule has 134 valence electrons. The van der Waals surface area contributed by atoms with E-state index in [1.54, 1.807) is 18.3 Å². The summed E-state index contributed by atoms with van der Waals surface area (Å²) in [7, 11) is 0. The topological polar surface area (TPSA) is 83.0 Å². The number of aliphatic hydroxyl groups is 1. The van der Waals surface area contributed by atoms with Crippen molar-refractivity contribution in [2.45, 2.75) is 13.0 Å². The van der Waals surface area contributed by atoms with E-state index >= 15 is 0 Å². The minimum absolute atomic E-state index is 0.0151. The first-order valence-electron chi connectivity index (χ1n) is 7.95. The van der Waals surface area contributed by atoms with Gasteiger partial charge in [0.05, 0.1) is 23.0 Å². The van der Waals surface area contributed by atoms with Crippen LogP contribution in [-0.2, 0) is 0 Å². The van der Waals surface area contributed by atoms with E-state index in [4.69, 9.17) is 11.6 Å². The second-order valence-electron chi connectivity index (χ2n) is 5.66. The molecule has 3 aromatic rings. The quantitative estimate of drug-likeness (QED) is 0.608. The number of halogens is 2. The average molecular weight is 374 g/mol. The van der Waals surface area contributed by atoms with Gasteiger partial charge < -0.3 is 15.7 Å². The highest BCUT2D eigenvalue weighted by atomic mass is 35.5. The lowest BCUT2D eigenvalue weighted by atomic mass is 10.2. The molecular formula is C18H17ClFN5O. The number of nitrogens with zero attached hydrogens (tertiary/aromatic N) is 3. The maximum Gasteiger partial charge on any atom is 0.225 e. The van der Waals surface area contributed by atoms with Crippen molar-refractivity contribution in [3.63, 3.8) is 0 Å². The minimum Gasteiger partial charge on any atom is -0.394 e. The summed E-state index contributed by atoms with van der Waals surface area (Å²) in [5.74, 6) is 0.328. The molecule has 0 aliphatic rings. The predicted octanol–water partition coefficient (Wildman–Crippen LogP) is 3.87. The van der Waals surface area contributed by atoms with Gasteiger partial charge in [-0.05, 0) is 37.3 Å². The Kier molecular flexibility index (Phi) is 5.60. The standard InChI is InChI=1S/C18H17ClFN5O/c1-11(10-26)22-18-24-16(15-4-2-3-7-21-15)9-17(25-18)23-12-5-6-14(20)13(19)8-12/h2-9,11,26H,10H2,1H3,(H2,22,23,24,25)/t11-/m1/s1. The molecular weight excluding hydrogens is 357 g/mol. The lowest BCUT2D eigenvalue weighted by molar-refractivity contribution is 0.281. The molecule has 0 bridgehead atoms. The summed E-state index contributed by atoms with van der Waals surface area (Å²) in [5, 5.41) is 15.4. The highest BCUT2D eigenvalue weighted by Crippen LogP contribution is 2.25. The molecule has 0 aliphatic carbocycles. The Bertz CT molecular complexity index is 894. The highest BCUT2D eigenvalue weighted by Gasteiger charge is 2.10. The number of anilines is 3. The normalized spacial score (nSPS) is 11.8. The third-order valence-electron chi connectivity index (χ3n) is 3.49. The second kappa shape index (κ2) is 8.07. The van der Waals surface area contributed by atoms with E-state index in [-0.39, 0.29) is 17.7 Å². The third-order valence-corrected chi connectivity index (χ3v) is 3.78. The Morgan fingerprint density at radius 3 is 2.69 bits per heavy atom. The molecule has 0 saturated carbocycles. The Balaban J connectivity index is 1.97. The zero-order valence-electron chi connectivity index (χ0n) is 13.9. The molecule has 2 aromatic heterocycles. The average Bonchev–Trinajstić information content (AvgIpc) is 2.65. The molecule has 0 aliphatic heterocycles. The zero-order chi connectivity index (χ0) is 18.5. The number of hydrogen-bond acceptors (Lipinski definition) is 6. The van der Waals surface area contributed by atoms with Gasteiger partial charge in [0.15, 0.2) is 0 Å². The first-order valence-corrected chi connectivity index (χ1v) is 8.33. The largest absolute Gasteiger partial charge is 0.394 e. The van der Waals surface area contributed by atoms with Crippen molar-refractivity contribution >= 4 is 29.1 Å². The van der Waals surface area contributed by atoms with Crippen LogP contribution in [0.15, 0.2) is 48.7 Å². The molecule has 8 heteroatoms.